The van der Waals surface area contributed by atoms with Crippen LogP contribution in [-0.4, -0.2) is 11.8 Å². The maximum absolute atomic E-state index is 12.0. The second kappa shape index (κ2) is 5.44. The lowest BCUT2D eigenvalue weighted by molar-refractivity contribution is -0.117. The fourth-order valence-electron chi connectivity index (χ4n) is 2.08. The fraction of sp³-hybridized carbons (Fsp3) is 0.250. The molecular formula is C16H16N2O3. The highest BCUT2D eigenvalue weighted by molar-refractivity contribution is 6.03. The Balaban J connectivity index is 1.76. The Morgan fingerprint density at radius 1 is 1.10 bits per heavy atom. The predicted octanol–water partition coefficient (Wildman–Crippen LogP) is 3.19. The molecular weight excluding hydrogens is 268 g/mol. The lowest BCUT2D eigenvalue weighted by Crippen LogP contribution is -2.16. The minimum atomic E-state index is -0.311. The monoisotopic (exact) mass is 284 g/mol. The summed E-state index contributed by atoms with van der Waals surface area (Å²) in [7, 11) is 0. The van der Waals surface area contributed by atoms with Crippen LogP contribution in [0.1, 0.15) is 29.0 Å². The van der Waals surface area contributed by atoms with E-state index in [0.717, 1.165) is 24.1 Å². The first kappa shape index (κ1) is 13.4. The molecule has 2 amide bonds. The molecule has 1 aromatic heterocycles. The average Bonchev–Trinajstić information content (AvgIpc) is 3.18. The maximum atomic E-state index is 12.0. The third-order valence-electron chi connectivity index (χ3n) is 3.53. The molecule has 0 bridgehead atoms. The number of anilines is 2. The molecule has 1 saturated carbocycles. The minimum absolute atomic E-state index is 0.0487. The standard InChI is InChI=1S/C16H16N2O3/c1-10-12(17-15(19)11-7-8-11)4-2-5-13(10)18-16(20)14-6-3-9-21-14/h2-6,9,11H,7-8H2,1H3,(H,17,19)(H,18,20). The first-order valence-electron chi connectivity index (χ1n) is 6.90. The normalized spacial score (nSPS) is 13.8. The second-order valence-corrected chi connectivity index (χ2v) is 5.17. The summed E-state index contributed by atoms with van der Waals surface area (Å²) in [6, 6.07) is 8.69. The van der Waals surface area contributed by atoms with Crippen molar-refractivity contribution in [3.8, 4) is 0 Å². The van der Waals surface area contributed by atoms with E-state index in [9.17, 15) is 9.59 Å². The summed E-state index contributed by atoms with van der Waals surface area (Å²) in [5.74, 6) is 0.133. The Labute approximate surface area is 122 Å². The Hall–Kier alpha value is -2.56. The average molecular weight is 284 g/mol. The molecule has 1 aromatic carbocycles. The molecule has 0 unspecified atom stereocenters. The van der Waals surface area contributed by atoms with Crippen LogP contribution in [0.2, 0.25) is 0 Å². The van der Waals surface area contributed by atoms with Gasteiger partial charge in [0.25, 0.3) is 5.91 Å². The van der Waals surface area contributed by atoms with Gasteiger partial charge in [-0.1, -0.05) is 6.07 Å². The van der Waals surface area contributed by atoms with Crippen LogP contribution in [0.25, 0.3) is 0 Å². The van der Waals surface area contributed by atoms with Gasteiger partial charge in [-0.2, -0.15) is 0 Å². The van der Waals surface area contributed by atoms with Gasteiger partial charge in [-0.25, -0.2) is 0 Å². The van der Waals surface area contributed by atoms with Gasteiger partial charge < -0.3 is 15.1 Å². The number of furan rings is 1. The molecule has 1 aliphatic carbocycles. The van der Waals surface area contributed by atoms with Gasteiger partial charge in [0.1, 0.15) is 0 Å². The van der Waals surface area contributed by atoms with Crippen LogP contribution in [0, 0.1) is 12.8 Å². The summed E-state index contributed by atoms with van der Waals surface area (Å²) >= 11 is 0. The van der Waals surface area contributed by atoms with E-state index in [0.29, 0.717) is 5.69 Å². The summed E-state index contributed by atoms with van der Waals surface area (Å²) in [4.78, 5) is 23.8. The zero-order valence-electron chi connectivity index (χ0n) is 11.7. The van der Waals surface area contributed by atoms with E-state index in [2.05, 4.69) is 10.6 Å². The molecule has 1 heterocycles. The van der Waals surface area contributed by atoms with Gasteiger partial charge in [0.2, 0.25) is 5.91 Å². The summed E-state index contributed by atoms with van der Waals surface area (Å²) in [5, 5.41) is 5.69. The summed E-state index contributed by atoms with van der Waals surface area (Å²) in [5.41, 5.74) is 2.21. The Morgan fingerprint density at radius 3 is 2.43 bits per heavy atom. The molecule has 21 heavy (non-hydrogen) atoms. The number of hydrogen-bond donors (Lipinski definition) is 2. The summed E-state index contributed by atoms with van der Waals surface area (Å²) < 4.78 is 5.06. The molecule has 0 atom stereocenters. The van der Waals surface area contributed by atoms with Crippen LogP contribution in [0.3, 0.4) is 0 Å². The van der Waals surface area contributed by atoms with E-state index >= 15 is 0 Å². The molecule has 5 nitrogen and oxygen atoms in total. The van der Waals surface area contributed by atoms with E-state index in [4.69, 9.17) is 4.42 Å². The number of benzene rings is 1. The zero-order chi connectivity index (χ0) is 14.8. The van der Waals surface area contributed by atoms with E-state index in [1.165, 1.54) is 6.26 Å². The van der Waals surface area contributed by atoms with Crippen molar-refractivity contribution < 1.29 is 14.0 Å². The molecule has 1 aliphatic rings. The van der Waals surface area contributed by atoms with Gasteiger partial charge in [0.15, 0.2) is 5.76 Å². The van der Waals surface area contributed by atoms with Crippen molar-refractivity contribution in [2.45, 2.75) is 19.8 Å². The van der Waals surface area contributed by atoms with Crippen LogP contribution >= 0.6 is 0 Å². The summed E-state index contributed by atoms with van der Waals surface area (Å²) in [6.45, 7) is 1.86. The van der Waals surface area contributed by atoms with E-state index in [1.54, 1.807) is 24.3 Å². The van der Waals surface area contributed by atoms with Crippen LogP contribution in [0.15, 0.2) is 41.0 Å². The number of amides is 2. The molecule has 0 aliphatic heterocycles. The third kappa shape index (κ3) is 2.97. The molecule has 2 aromatic rings. The molecule has 2 N–H and O–H groups in total. The van der Waals surface area contributed by atoms with Gasteiger partial charge in [-0.15, -0.1) is 0 Å². The van der Waals surface area contributed by atoms with Crippen LogP contribution in [0.5, 0.6) is 0 Å². The van der Waals surface area contributed by atoms with Crippen molar-refractivity contribution >= 4 is 23.2 Å². The summed E-state index contributed by atoms with van der Waals surface area (Å²) in [6.07, 6.45) is 3.37. The van der Waals surface area contributed by atoms with Gasteiger partial charge in [0, 0.05) is 17.3 Å². The highest BCUT2D eigenvalue weighted by atomic mass is 16.3. The highest BCUT2D eigenvalue weighted by Gasteiger charge is 2.29. The van der Waals surface area contributed by atoms with Crippen molar-refractivity contribution in [3.63, 3.8) is 0 Å². The number of nitrogens with one attached hydrogen (secondary N) is 2. The molecule has 108 valence electrons. The largest absolute Gasteiger partial charge is 0.459 e. The van der Waals surface area contributed by atoms with Crippen molar-refractivity contribution in [1.29, 1.82) is 0 Å². The lowest BCUT2D eigenvalue weighted by Gasteiger charge is -2.12. The van der Waals surface area contributed by atoms with Gasteiger partial charge in [-0.05, 0) is 49.6 Å². The van der Waals surface area contributed by atoms with E-state index < -0.39 is 0 Å². The van der Waals surface area contributed by atoms with Crippen molar-refractivity contribution in [2.75, 3.05) is 10.6 Å². The molecule has 0 spiro atoms. The topological polar surface area (TPSA) is 71.3 Å². The number of hydrogen-bond acceptors (Lipinski definition) is 3. The minimum Gasteiger partial charge on any atom is -0.459 e. The van der Waals surface area contributed by atoms with Crippen LogP contribution < -0.4 is 10.6 Å². The maximum Gasteiger partial charge on any atom is 0.291 e. The second-order valence-electron chi connectivity index (χ2n) is 5.17. The van der Waals surface area contributed by atoms with Crippen molar-refractivity contribution in [2.24, 2.45) is 5.92 Å². The number of carbonyl (C=O) groups excluding carboxylic acids is 2. The zero-order valence-corrected chi connectivity index (χ0v) is 11.7. The first-order valence-corrected chi connectivity index (χ1v) is 6.90. The molecule has 0 radical (unpaired) electrons. The Bertz CT molecular complexity index is 673. The van der Waals surface area contributed by atoms with Gasteiger partial charge in [0.05, 0.1) is 6.26 Å². The van der Waals surface area contributed by atoms with Crippen molar-refractivity contribution in [1.82, 2.24) is 0 Å². The molecule has 0 saturated heterocycles. The highest BCUT2D eigenvalue weighted by Crippen LogP contribution is 2.31. The molecule has 1 fully saturated rings. The van der Waals surface area contributed by atoms with Crippen molar-refractivity contribution in [3.05, 3.63) is 47.9 Å². The van der Waals surface area contributed by atoms with Gasteiger partial charge >= 0.3 is 0 Å². The lowest BCUT2D eigenvalue weighted by atomic mass is 10.1. The number of rotatable bonds is 4. The van der Waals surface area contributed by atoms with E-state index in [1.807, 2.05) is 13.0 Å². The smallest absolute Gasteiger partial charge is 0.291 e. The predicted molar refractivity (Wildman–Crippen MR) is 79.2 cm³/mol. The third-order valence-corrected chi connectivity index (χ3v) is 3.53. The quantitative estimate of drug-likeness (QED) is 0.905. The van der Waals surface area contributed by atoms with E-state index in [-0.39, 0.29) is 23.5 Å². The van der Waals surface area contributed by atoms with Crippen LogP contribution in [0.4, 0.5) is 11.4 Å². The number of carbonyl (C=O) groups is 2. The molecule has 5 heteroatoms. The Morgan fingerprint density at radius 2 is 1.81 bits per heavy atom. The molecule has 3 rings (SSSR count). The fourth-order valence-corrected chi connectivity index (χ4v) is 2.08. The van der Waals surface area contributed by atoms with Crippen LogP contribution in [-0.2, 0) is 4.79 Å². The Kier molecular flexibility index (Phi) is 3.48. The SMILES string of the molecule is Cc1c(NC(=O)c2ccco2)cccc1NC(=O)C1CC1. The first-order chi connectivity index (χ1) is 10.1. The van der Waals surface area contributed by atoms with Gasteiger partial charge in [-0.3, -0.25) is 9.59 Å².